The van der Waals surface area contributed by atoms with Gasteiger partial charge in [-0.1, -0.05) is 12.1 Å². The summed E-state index contributed by atoms with van der Waals surface area (Å²) in [6.45, 7) is 1.12. The number of ether oxygens (including phenoxy) is 3. The van der Waals surface area contributed by atoms with Gasteiger partial charge in [0.05, 0.1) is 27.3 Å². The standard InChI is InChI=1S/C19H20N2O4/c1-23-16-8-6-14(11-17(16)24-2)7-9-19(22)21-12-15(13-21)25-18-5-3-4-10-20-18/h3-11,15H,12-13H2,1-2H3/b9-7+. The van der Waals surface area contributed by atoms with Crippen LogP contribution in [-0.4, -0.2) is 49.2 Å². The fourth-order valence-electron chi connectivity index (χ4n) is 2.51. The molecule has 2 heterocycles. The molecule has 0 atom stereocenters. The molecule has 0 spiro atoms. The Labute approximate surface area is 146 Å². The molecular formula is C19H20N2O4. The van der Waals surface area contributed by atoms with Crippen LogP contribution in [0.3, 0.4) is 0 Å². The third-order valence-electron chi connectivity index (χ3n) is 3.91. The largest absolute Gasteiger partial charge is 0.493 e. The lowest BCUT2D eigenvalue weighted by Gasteiger charge is -2.38. The van der Waals surface area contributed by atoms with Crippen molar-refractivity contribution in [1.29, 1.82) is 0 Å². The zero-order chi connectivity index (χ0) is 17.6. The summed E-state index contributed by atoms with van der Waals surface area (Å²) in [4.78, 5) is 18.0. The first-order valence-electron chi connectivity index (χ1n) is 7.96. The maximum Gasteiger partial charge on any atom is 0.246 e. The van der Waals surface area contributed by atoms with Crippen molar-refractivity contribution in [2.75, 3.05) is 27.3 Å². The Kier molecular flexibility index (Phi) is 5.18. The van der Waals surface area contributed by atoms with E-state index in [4.69, 9.17) is 14.2 Å². The zero-order valence-corrected chi connectivity index (χ0v) is 14.2. The van der Waals surface area contributed by atoms with Gasteiger partial charge in [0.15, 0.2) is 11.5 Å². The molecular weight excluding hydrogens is 320 g/mol. The molecule has 1 aromatic heterocycles. The third kappa shape index (κ3) is 4.09. The first-order chi connectivity index (χ1) is 12.2. The predicted octanol–water partition coefficient (Wildman–Crippen LogP) is 2.40. The molecule has 2 aromatic rings. The minimum Gasteiger partial charge on any atom is -0.493 e. The Morgan fingerprint density at radius 1 is 1.16 bits per heavy atom. The van der Waals surface area contributed by atoms with E-state index in [1.165, 1.54) is 0 Å². The predicted molar refractivity (Wildman–Crippen MR) is 93.8 cm³/mol. The maximum atomic E-state index is 12.2. The highest BCUT2D eigenvalue weighted by atomic mass is 16.5. The third-order valence-corrected chi connectivity index (χ3v) is 3.91. The number of nitrogens with zero attached hydrogens (tertiary/aromatic N) is 2. The van der Waals surface area contributed by atoms with Crippen LogP contribution in [0.15, 0.2) is 48.7 Å². The number of amides is 1. The number of carbonyl (C=O) groups excluding carboxylic acids is 1. The van der Waals surface area contributed by atoms with Crippen LogP contribution in [0.4, 0.5) is 0 Å². The van der Waals surface area contributed by atoms with Crippen molar-refractivity contribution in [2.45, 2.75) is 6.10 Å². The van der Waals surface area contributed by atoms with E-state index in [2.05, 4.69) is 4.98 Å². The fraction of sp³-hybridized carbons (Fsp3) is 0.263. The topological polar surface area (TPSA) is 60.9 Å². The molecule has 1 amide bonds. The van der Waals surface area contributed by atoms with Gasteiger partial charge < -0.3 is 19.1 Å². The van der Waals surface area contributed by atoms with E-state index < -0.39 is 0 Å². The van der Waals surface area contributed by atoms with Crippen molar-refractivity contribution in [3.05, 3.63) is 54.2 Å². The molecule has 6 nitrogen and oxygen atoms in total. The summed E-state index contributed by atoms with van der Waals surface area (Å²) < 4.78 is 16.1. The number of hydrogen-bond acceptors (Lipinski definition) is 5. The van der Waals surface area contributed by atoms with Crippen molar-refractivity contribution in [2.24, 2.45) is 0 Å². The second-order valence-electron chi connectivity index (χ2n) is 5.60. The van der Waals surface area contributed by atoms with Crippen LogP contribution in [-0.2, 0) is 4.79 Å². The Hall–Kier alpha value is -3.02. The minimum atomic E-state index is -0.0457. The van der Waals surface area contributed by atoms with Gasteiger partial charge >= 0.3 is 0 Å². The zero-order valence-electron chi connectivity index (χ0n) is 14.2. The Balaban J connectivity index is 1.52. The molecule has 0 saturated carbocycles. The first kappa shape index (κ1) is 16.8. The molecule has 0 bridgehead atoms. The van der Waals surface area contributed by atoms with E-state index in [0.717, 1.165) is 5.56 Å². The van der Waals surface area contributed by atoms with Gasteiger partial charge in [0.2, 0.25) is 11.8 Å². The normalized spacial score (nSPS) is 14.2. The van der Waals surface area contributed by atoms with E-state index in [0.29, 0.717) is 30.5 Å². The number of carbonyl (C=O) groups is 1. The van der Waals surface area contributed by atoms with E-state index in [1.807, 2.05) is 30.3 Å². The van der Waals surface area contributed by atoms with Gasteiger partial charge in [-0.25, -0.2) is 4.98 Å². The van der Waals surface area contributed by atoms with E-state index >= 15 is 0 Å². The summed E-state index contributed by atoms with van der Waals surface area (Å²) >= 11 is 0. The molecule has 130 valence electrons. The summed E-state index contributed by atoms with van der Waals surface area (Å²) in [6.07, 6.45) is 4.99. The summed E-state index contributed by atoms with van der Waals surface area (Å²) in [5.41, 5.74) is 0.868. The summed E-state index contributed by atoms with van der Waals surface area (Å²) in [7, 11) is 3.17. The first-order valence-corrected chi connectivity index (χ1v) is 7.96. The van der Waals surface area contributed by atoms with Gasteiger partial charge in [-0.2, -0.15) is 0 Å². The molecule has 1 saturated heterocycles. The SMILES string of the molecule is COc1ccc(/C=C/C(=O)N2CC(Oc3ccccn3)C2)cc1OC. The highest BCUT2D eigenvalue weighted by molar-refractivity contribution is 5.92. The molecule has 0 N–H and O–H groups in total. The molecule has 3 rings (SSSR count). The molecule has 1 aromatic carbocycles. The van der Waals surface area contributed by atoms with Crippen LogP contribution in [0.25, 0.3) is 6.08 Å². The van der Waals surface area contributed by atoms with Crippen molar-refractivity contribution >= 4 is 12.0 Å². The van der Waals surface area contributed by atoms with Crippen LogP contribution >= 0.6 is 0 Å². The maximum absolute atomic E-state index is 12.2. The van der Waals surface area contributed by atoms with Crippen LogP contribution in [0.1, 0.15) is 5.56 Å². The summed E-state index contributed by atoms with van der Waals surface area (Å²) in [5.74, 6) is 1.82. The minimum absolute atomic E-state index is 0.00618. The van der Waals surface area contributed by atoms with Gasteiger partial charge in [0.1, 0.15) is 6.10 Å². The lowest BCUT2D eigenvalue weighted by Crippen LogP contribution is -2.55. The van der Waals surface area contributed by atoms with Gasteiger partial charge in [-0.3, -0.25) is 4.79 Å². The highest BCUT2D eigenvalue weighted by Gasteiger charge is 2.31. The number of aromatic nitrogens is 1. The van der Waals surface area contributed by atoms with Crippen LogP contribution in [0, 0.1) is 0 Å². The number of hydrogen-bond donors (Lipinski definition) is 0. The molecule has 6 heteroatoms. The van der Waals surface area contributed by atoms with Gasteiger partial charge in [-0.05, 0) is 29.8 Å². The smallest absolute Gasteiger partial charge is 0.246 e. The van der Waals surface area contributed by atoms with Crippen molar-refractivity contribution in [1.82, 2.24) is 9.88 Å². The Morgan fingerprint density at radius 2 is 1.96 bits per heavy atom. The van der Waals surface area contributed by atoms with Crippen LogP contribution < -0.4 is 14.2 Å². The van der Waals surface area contributed by atoms with Crippen molar-refractivity contribution in [3.8, 4) is 17.4 Å². The second kappa shape index (κ2) is 7.70. The number of rotatable bonds is 6. The average molecular weight is 340 g/mol. The lowest BCUT2D eigenvalue weighted by atomic mass is 10.1. The molecule has 1 fully saturated rings. The second-order valence-corrected chi connectivity index (χ2v) is 5.60. The summed E-state index contributed by atoms with van der Waals surface area (Å²) in [5, 5.41) is 0. The molecule has 1 aliphatic rings. The van der Waals surface area contributed by atoms with Crippen molar-refractivity contribution in [3.63, 3.8) is 0 Å². The number of methoxy groups -OCH3 is 2. The van der Waals surface area contributed by atoms with Gasteiger partial charge in [0, 0.05) is 18.3 Å². The summed E-state index contributed by atoms with van der Waals surface area (Å²) in [6, 6.07) is 11.0. The average Bonchev–Trinajstić information content (AvgIpc) is 2.62. The van der Waals surface area contributed by atoms with Gasteiger partial charge in [-0.15, -0.1) is 0 Å². The quantitative estimate of drug-likeness (QED) is 0.756. The molecule has 25 heavy (non-hydrogen) atoms. The number of likely N-dealkylation sites (tertiary alicyclic amines) is 1. The van der Waals surface area contributed by atoms with E-state index in [1.54, 1.807) is 43.5 Å². The van der Waals surface area contributed by atoms with Crippen molar-refractivity contribution < 1.29 is 19.0 Å². The van der Waals surface area contributed by atoms with E-state index in [9.17, 15) is 4.79 Å². The Morgan fingerprint density at radius 3 is 2.64 bits per heavy atom. The molecule has 0 radical (unpaired) electrons. The molecule has 1 aliphatic heterocycles. The highest BCUT2D eigenvalue weighted by Crippen LogP contribution is 2.28. The number of pyridine rings is 1. The van der Waals surface area contributed by atoms with Crippen LogP contribution in [0.2, 0.25) is 0 Å². The Bertz CT molecular complexity index is 755. The fourth-order valence-corrected chi connectivity index (χ4v) is 2.51. The lowest BCUT2D eigenvalue weighted by molar-refractivity contribution is -0.134. The monoisotopic (exact) mass is 340 g/mol. The van der Waals surface area contributed by atoms with Gasteiger partial charge in [0.25, 0.3) is 0 Å². The van der Waals surface area contributed by atoms with E-state index in [-0.39, 0.29) is 12.0 Å². The number of benzene rings is 1. The molecule has 0 aliphatic carbocycles. The van der Waals surface area contributed by atoms with Crippen LogP contribution in [0.5, 0.6) is 17.4 Å². The molecule has 0 unspecified atom stereocenters.